The minimum absolute atomic E-state index is 0.00686. The highest BCUT2D eigenvalue weighted by molar-refractivity contribution is 5.58. The first kappa shape index (κ1) is 18.3. The Labute approximate surface area is 131 Å². The van der Waals surface area contributed by atoms with Crippen molar-refractivity contribution in [3.63, 3.8) is 0 Å². The molecule has 134 valence electrons. The normalized spacial score (nSPS) is 20.3. The minimum Gasteiger partial charge on any atom is -0.382 e. The van der Waals surface area contributed by atoms with Gasteiger partial charge in [-0.05, 0) is 25.0 Å². The highest BCUT2D eigenvalue weighted by atomic mass is 19.4. The highest BCUT2D eigenvalue weighted by Crippen LogP contribution is 2.40. The summed E-state index contributed by atoms with van der Waals surface area (Å²) in [5.74, 6) is 0. The number of anilines is 1. The number of nitro groups is 1. The summed E-state index contributed by atoms with van der Waals surface area (Å²) in [6.07, 6.45) is -12.5. The predicted molar refractivity (Wildman–Crippen MR) is 70.5 cm³/mol. The summed E-state index contributed by atoms with van der Waals surface area (Å²) in [6, 6.07) is 0.564. The van der Waals surface area contributed by atoms with Gasteiger partial charge >= 0.3 is 12.4 Å². The summed E-state index contributed by atoms with van der Waals surface area (Å²) in [5.41, 5.74) is -2.98. The zero-order valence-electron chi connectivity index (χ0n) is 11.9. The van der Waals surface area contributed by atoms with E-state index >= 15 is 0 Å². The molecule has 1 fully saturated rings. The molecule has 5 nitrogen and oxygen atoms in total. The van der Waals surface area contributed by atoms with E-state index < -0.39 is 40.7 Å². The van der Waals surface area contributed by atoms with Crippen molar-refractivity contribution in [2.45, 2.75) is 37.3 Å². The van der Waals surface area contributed by atoms with Crippen LogP contribution in [0.4, 0.5) is 37.7 Å². The molecular formula is C13H12F6N2O3. The second-order valence-electron chi connectivity index (χ2n) is 5.35. The Kier molecular flexibility index (Phi) is 4.66. The predicted octanol–water partition coefficient (Wildman–Crippen LogP) is 3.51. The van der Waals surface area contributed by atoms with Gasteiger partial charge in [-0.2, -0.15) is 26.3 Å². The lowest BCUT2D eigenvalue weighted by Crippen LogP contribution is -2.47. The van der Waals surface area contributed by atoms with Crippen molar-refractivity contribution in [2.75, 3.05) is 11.4 Å². The number of nitro benzene ring substituents is 1. The molecule has 1 unspecified atom stereocenters. The van der Waals surface area contributed by atoms with Crippen molar-refractivity contribution < 1.29 is 36.4 Å². The van der Waals surface area contributed by atoms with E-state index in [1.807, 2.05) is 0 Å². The number of alkyl halides is 6. The van der Waals surface area contributed by atoms with Gasteiger partial charge in [-0.3, -0.25) is 10.1 Å². The molecular weight excluding hydrogens is 346 g/mol. The maximum Gasteiger partial charge on any atom is 0.423 e. The fourth-order valence-electron chi connectivity index (χ4n) is 2.75. The molecule has 0 aromatic heterocycles. The number of hydrogen-bond acceptors (Lipinski definition) is 4. The van der Waals surface area contributed by atoms with Crippen LogP contribution in [-0.2, 0) is 6.18 Å². The molecule has 0 radical (unpaired) electrons. The largest absolute Gasteiger partial charge is 0.423 e. The molecule has 11 heteroatoms. The zero-order valence-corrected chi connectivity index (χ0v) is 11.9. The molecule has 1 heterocycles. The first-order chi connectivity index (χ1) is 10.9. The van der Waals surface area contributed by atoms with Gasteiger partial charge in [0.15, 0.2) is 6.10 Å². The second-order valence-corrected chi connectivity index (χ2v) is 5.35. The topological polar surface area (TPSA) is 66.6 Å². The molecule has 1 aromatic carbocycles. The van der Waals surface area contributed by atoms with Gasteiger partial charge in [0.1, 0.15) is 5.56 Å². The SMILES string of the molecule is O=[N+]([O-])c1ccc(N2CCCC2[C@@H](O)C(F)(F)F)cc1C(F)(F)F. The van der Waals surface area contributed by atoms with Gasteiger partial charge in [0, 0.05) is 18.3 Å². The molecule has 1 saturated heterocycles. The quantitative estimate of drug-likeness (QED) is 0.510. The average molecular weight is 358 g/mol. The Bertz CT molecular complexity index is 631. The Morgan fingerprint density at radius 1 is 1.25 bits per heavy atom. The van der Waals surface area contributed by atoms with Crippen LogP contribution in [0.25, 0.3) is 0 Å². The number of rotatable bonds is 3. The van der Waals surface area contributed by atoms with Crippen molar-refractivity contribution in [3.8, 4) is 0 Å². The van der Waals surface area contributed by atoms with Crippen molar-refractivity contribution in [3.05, 3.63) is 33.9 Å². The minimum atomic E-state index is -5.03. The number of aliphatic hydroxyl groups excluding tert-OH is 1. The standard InChI is InChI=1S/C13H12F6N2O3/c14-12(15,16)8-6-7(3-4-9(8)21(23)24)20-5-1-2-10(20)11(22)13(17,18)19/h3-4,6,10-11,22H,1-2,5H2/t10?,11-/m1/s1. The molecule has 1 aromatic rings. The maximum atomic E-state index is 13.0. The molecule has 2 rings (SSSR count). The first-order valence-electron chi connectivity index (χ1n) is 6.80. The molecule has 0 spiro atoms. The van der Waals surface area contributed by atoms with Crippen molar-refractivity contribution in [2.24, 2.45) is 0 Å². The van der Waals surface area contributed by atoms with Crippen LogP contribution in [0, 0.1) is 10.1 Å². The van der Waals surface area contributed by atoms with Crippen molar-refractivity contribution in [1.82, 2.24) is 0 Å². The van der Waals surface area contributed by atoms with E-state index in [0.29, 0.717) is 12.1 Å². The molecule has 1 aliphatic rings. The summed E-state index contributed by atoms with van der Waals surface area (Å²) in [5, 5.41) is 20.1. The second kappa shape index (κ2) is 6.11. The number of nitrogens with zero attached hydrogens (tertiary/aromatic N) is 2. The summed E-state index contributed by atoms with van der Waals surface area (Å²) in [7, 11) is 0. The van der Waals surface area contributed by atoms with Gasteiger partial charge < -0.3 is 10.0 Å². The molecule has 1 N–H and O–H groups in total. The van der Waals surface area contributed by atoms with Crippen LogP contribution < -0.4 is 4.90 Å². The average Bonchev–Trinajstić information content (AvgIpc) is 2.92. The summed E-state index contributed by atoms with van der Waals surface area (Å²) >= 11 is 0. The molecule has 1 aliphatic heterocycles. The fourth-order valence-corrected chi connectivity index (χ4v) is 2.75. The fraction of sp³-hybridized carbons (Fsp3) is 0.538. The molecule has 0 aliphatic carbocycles. The van der Waals surface area contributed by atoms with Crippen molar-refractivity contribution in [1.29, 1.82) is 0 Å². The van der Waals surface area contributed by atoms with E-state index in [2.05, 4.69) is 0 Å². The molecule has 24 heavy (non-hydrogen) atoms. The molecule has 0 bridgehead atoms. The Morgan fingerprint density at radius 2 is 1.88 bits per heavy atom. The Hall–Kier alpha value is -2.04. The summed E-state index contributed by atoms with van der Waals surface area (Å²) in [4.78, 5) is 10.5. The lowest BCUT2D eigenvalue weighted by atomic mass is 10.1. The number of halogens is 6. The van der Waals surface area contributed by atoms with E-state index in [0.717, 1.165) is 11.0 Å². The van der Waals surface area contributed by atoms with Crippen LogP contribution in [0.2, 0.25) is 0 Å². The van der Waals surface area contributed by atoms with E-state index in [9.17, 15) is 41.6 Å². The molecule has 0 saturated carbocycles. The highest BCUT2D eigenvalue weighted by Gasteiger charge is 2.47. The lowest BCUT2D eigenvalue weighted by molar-refractivity contribution is -0.388. The third-order valence-corrected chi connectivity index (χ3v) is 3.81. The summed E-state index contributed by atoms with van der Waals surface area (Å²) in [6.45, 7) is 0.00686. The van der Waals surface area contributed by atoms with Gasteiger partial charge in [-0.1, -0.05) is 0 Å². The lowest BCUT2D eigenvalue weighted by Gasteiger charge is -2.31. The zero-order chi connectivity index (χ0) is 18.3. The number of aliphatic hydroxyl groups is 1. The molecule has 2 atom stereocenters. The van der Waals surface area contributed by atoms with E-state index in [1.165, 1.54) is 0 Å². The number of benzene rings is 1. The van der Waals surface area contributed by atoms with Crippen LogP contribution in [0.15, 0.2) is 18.2 Å². The summed E-state index contributed by atoms with van der Waals surface area (Å²) < 4.78 is 77.0. The monoisotopic (exact) mass is 358 g/mol. The smallest absolute Gasteiger partial charge is 0.382 e. The van der Waals surface area contributed by atoms with Crippen LogP contribution in [0.5, 0.6) is 0 Å². The van der Waals surface area contributed by atoms with Crippen LogP contribution in [0.3, 0.4) is 0 Å². The van der Waals surface area contributed by atoms with E-state index in [1.54, 1.807) is 0 Å². The maximum absolute atomic E-state index is 13.0. The van der Waals surface area contributed by atoms with Crippen LogP contribution >= 0.6 is 0 Å². The van der Waals surface area contributed by atoms with E-state index in [-0.39, 0.29) is 25.1 Å². The Morgan fingerprint density at radius 3 is 2.38 bits per heavy atom. The van der Waals surface area contributed by atoms with Gasteiger partial charge in [0.25, 0.3) is 5.69 Å². The van der Waals surface area contributed by atoms with Crippen LogP contribution in [0.1, 0.15) is 18.4 Å². The van der Waals surface area contributed by atoms with Gasteiger partial charge in [-0.15, -0.1) is 0 Å². The molecule has 0 amide bonds. The third-order valence-electron chi connectivity index (χ3n) is 3.81. The van der Waals surface area contributed by atoms with Crippen molar-refractivity contribution >= 4 is 11.4 Å². The van der Waals surface area contributed by atoms with Gasteiger partial charge in [-0.25, -0.2) is 0 Å². The van der Waals surface area contributed by atoms with Gasteiger partial charge in [0.2, 0.25) is 0 Å². The Balaban J connectivity index is 2.43. The van der Waals surface area contributed by atoms with E-state index in [4.69, 9.17) is 0 Å². The first-order valence-corrected chi connectivity index (χ1v) is 6.80. The van der Waals surface area contributed by atoms with Gasteiger partial charge in [0.05, 0.1) is 11.0 Å². The third kappa shape index (κ3) is 3.55. The number of hydrogen-bond donors (Lipinski definition) is 1. The van der Waals surface area contributed by atoms with Crippen LogP contribution in [-0.4, -0.2) is 34.9 Å².